The van der Waals surface area contributed by atoms with Crippen LogP contribution in [0.4, 0.5) is 14.5 Å². The molecule has 3 heterocycles. The molecule has 2 atom stereocenters. The molecule has 38 heavy (non-hydrogen) atoms. The monoisotopic (exact) mass is 540 g/mol. The number of sulfonamides is 1. The second-order valence-electron chi connectivity index (χ2n) is 10.4. The number of ether oxygens (including phenoxy) is 1. The largest absolute Gasteiger partial charge is 0.384 e. The maximum atomic E-state index is 13.7. The molecular weight excluding hydrogens is 510 g/mol. The van der Waals surface area contributed by atoms with E-state index in [0.29, 0.717) is 52.0 Å². The maximum Gasteiger partial charge on any atom is 0.243 e. The van der Waals surface area contributed by atoms with Gasteiger partial charge >= 0.3 is 0 Å². The van der Waals surface area contributed by atoms with Gasteiger partial charge in [0.25, 0.3) is 0 Å². The second-order valence-corrected chi connectivity index (χ2v) is 12.4. The zero-order chi connectivity index (χ0) is 26.5. The molecule has 1 aromatic heterocycles. The maximum absolute atomic E-state index is 13.7. The third kappa shape index (κ3) is 4.34. The van der Waals surface area contributed by atoms with E-state index < -0.39 is 21.6 Å². The van der Waals surface area contributed by atoms with Gasteiger partial charge in [-0.25, -0.2) is 21.9 Å². The number of piperidine rings is 1. The minimum Gasteiger partial charge on any atom is -0.384 e. The summed E-state index contributed by atoms with van der Waals surface area (Å²) >= 11 is 0. The standard InChI is InChI=1S/C28H30F2N4O3S/c1-37-19-28-15-20-16-31-34(25-4-2-22(29)3-5-25)27(20)14-21(28)10-13-33(18-28)38(35,36)26-8-6-24(7-9-26)32-12-11-23(30)17-32/h2-9,14,16,23H,10-13,15,17-19H2,1H3/t23-,28-/m1/s1. The summed E-state index contributed by atoms with van der Waals surface area (Å²) in [6, 6.07) is 13.0. The van der Waals surface area contributed by atoms with Crippen LogP contribution in [0.2, 0.25) is 0 Å². The third-order valence-corrected chi connectivity index (χ3v) is 9.84. The molecule has 6 rings (SSSR count). The normalized spacial score (nSPS) is 23.7. The molecule has 2 fully saturated rings. The van der Waals surface area contributed by atoms with E-state index in [-0.39, 0.29) is 10.7 Å². The molecule has 2 saturated heterocycles. The van der Waals surface area contributed by atoms with Crippen molar-refractivity contribution in [3.8, 4) is 5.69 Å². The van der Waals surface area contributed by atoms with Gasteiger partial charge in [0.15, 0.2) is 0 Å². The predicted octanol–water partition coefficient (Wildman–Crippen LogP) is 4.23. The van der Waals surface area contributed by atoms with Gasteiger partial charge < -0.3 is 9.64 Å². The number of methoxy groups -OCH3 is 1. The van der Waals surface area contributed by atoms with Crippen molar-refractivity contribution >= 4 is 21.8 Å². The van der Waals surface area contributed by atoms with Crippen molar-refractivity contribution in [3.05, 3.63) is 77.4 Å². The molecule has 7 nitrogen and oxygen atoms in total. The molecule has 2 aromatic carbocycles. The first-order chi connectivity index (χ1) is 18.3. The molecule has 0 N–H and O–H groups in total. The van der Waals surface area contributed by atoms with Crippen molar-refractivity contribution in [2.75, 3.05) is 44.8 Å². The number of alkyl halides is 1. The number of rotatable bonds is 6. The Kier molecular flexibility index (Phi) is 6.36. The fourth-order valence-electron chi connectivity index (χ4n) is 6.02. The Hall–Kier alpha value is -3.08. The average molecular weight is 541 g/mol. The molecule has 0 bridgehead atoms. The number of nitrogens with zero attached hydrogens (tertiary/aromatic N) is 4. The van der Waals surface area contributed by atoms with Crippen LogP contribution in [0.1, 0.15) is 24.1 Å². The summed E-state index contributed by atoms with van der Waals surface area (Å²) in [5.41, 5.74) is 4.16. The van der Waals surface area contributed by atoms with E-state index in [1.807, 2.05) is 4.90 Å². The van der Waals surface area contributed by atoms with Gasteiger partial charge in [0.2, 0.25) is 10.0 Å². The average Bonchev–Trinajstić information content (AvgIpc) is 3.53. The molecule has 3 aromatic rings. The minimum absolute atomic E-state index is 0.234. The number of hydrogen-bond donors (Lipinski definition) is 0. The first-order valence-corrected chi connectivity index (χ1v) is 14.3. The van der Waals surface area contributed by atoms with Crippen molar-refractivity contribution in [2.45, 2.75) is 30.3 Å². The number of benzene rings is 2. The Labute approximate surface area is 221 Å². The van der Waals surface area contributed by atoms with Crippen LogP contribution in [-0.4, -0.2) is 68.6 Å². The lowest BCUT2D eigenvalue weighted by atomic mass is 9.69. The first-order valence-electron chi connectivity index (χ1n) is 12.8. The molecule has 0 spiro atoms. The lowest BCUT2D eigenvalue weighted by molar-refractivity contribution is 0.0733. The summed E-state index contributed by atoms with van der Waals surface area (Å²) < 4.78 is 63.5. The highest BCUT2D eigenvalue weighted by Gasteiger charge is 2.46. The van der Waals surface area contributed by atoms with Crippen LogP contribution < -0.4 is 4.90 Å². The van der Waals surface area contributed by atoms with E-state index in [4.69, 9.17) is 4.74 Å². The van der Waals surface area contributed by atoms with E-state index in [1.54, 1.807) is 58.7 Å². The molecule has 3 aliphatic rings. The zero-order valence-corrected chi connectivity index (χ0v) is 22.0. The molecule has 10 heteroatoms. The SMILES string of the molecule is COC[C@]12Cc3cnn(-c4ccc(F)cc4)c3C=C1CCN(S(=O)(=O)c1ccc(N3CC[C@@H](F)C3)cc1)C2. The predicted molar refractivity (Wildman–Crippen MR) is 141 cm³/mol. The Morgan fingerprint density at radius 2 is 1.82 bits per heavy atom. The molecule has 0 unspecified atom stereocenters. The van der Waals surface area contributed by atoms with Gasteiger partial charge in [-0.1, -0.05) is 5.57 Å². The van der Waals surface area contributed by atoms with Gasteiger partial charge in [0, 0.05) is 44.4 Å². The van der Waals surface area contributed by atoms with E-state index in [0.717, 1.165) is 28.2 Å². The highest BCUT2D eigenvalue weighted by Crippen LogP contribution is 2.45. The molecule has 1 aliphatic carbocycles. The first kappa shape index (κ1) is 25.2. The molecular formula is C28H30F2N4O3S. The van der Waals surface area contributed by atoms with E-state index in [1.165, 1.54) is 12.1 Å². The van der Waals surface area contributed by atoms with E-state index in [9.17, 15) is 17.2 Å². The topological polar surface area (TPSA) is 67.7 Å². The molecule has 2 aliphatic heterocycles. The van der Waals surface area contributed by atoms with Gasteiger partial charge in [0.1, 0.15) is 12.0 Å². The van der Waals surface area contributed by atoms with Gasteiger partial charge in [-0.3, -0.25) is 0 Å². The number of hydrogen-bond acceptors (Lipinski definition) is 5. The van der Waals surface area contributed by atoms with Crippen molar-refractivity contribution in [1.82, 2.24) is 14.1 Å². The van der Waals surface area contributed by atoms with Crippen LogP contribution in [0.25, 0.3) is 11.8 Å². The van der Waals surface area contributed by atoms with Gasteiger partial charge in [-0.15, -0.1) is 0 Å². The molecule has 0 saturated carbocycles. The van der Waals surface area contributed by atoms with E-state index >= 15 is 0 Å². The van der Waals surface area contributed by atoms with Gasteiger partial charge in [0.05, 0.1) is 29.1 Å². The lowest BCUT2D eigenvalue weighted by Crippen LogP contribution is -2.51. The summed E-state index contributed by atoms with van der Waals surface area (Å²) in [7, 11) is -2.10. The Morgan fingerprint density at radius 1 is 1.08 bits per heavy atom. The number of halogens is 2. The van der Waals surface area contributed by atoms with Crippen molar-refractivity contribution in [3.63, 3.8) is 0 Å². The van der Waals surface area contributed by atoms with Gasteiger partial charge in [-0.2, -0.15) is 9.40 Å². The summed E-state index contributed by atoms with van der Waals surface area (Å²) in [5.74, 6) is -0.306. The highest BCUT2D eigenvalue weighted by atomic mass is 32.2. The summed E-state index contributed by atoms with van der Waals surface area (Å²) in [6.07, 6.45) is 4.71. The number of fused-ring (bicyclic) bond motifs is 2. The molecule has 200 valence electrons. The summed E-state index contributed by atoms with van der Waals surface area (Å²) in [5, 5.41) is 4.56. The van der Waals surface area contributed by atoms with Crippen LogP contribution >= 0.6 is 0 Å². The smallest absolute Gasteiger partial charge is 0.243 e. The summed E-state index contributed by atoms with van der Waals surface area (Å²) in [4.78, 5) is 2.18. The van der Waals surface area contributed by atoms with Crippen molar-refractivity contribution in [1.29, 1.82) is 0 Å². The third-order valence-electron chi connectivity index (χ3n) is 7.98. The van der Waals surface area contributed by atoms with Crippen LogP contribution in [0.5, 0.6) is 0 Å². The Balaban J connectivity index is 1.27. The summed E-state index contributed by atoms with van der Waals surface area (Å²) in [6.45, 7) is 2.01. The fourth-order valence-corrected chi connectivity index (χ4v) is 7.55. The van der Waals surface area contributed by atoms with Crippen LogP contribution in [0.3, 0.4) is 0 Å². The quantitative estimate of drug-likeness (QED) is 0.468. The lowest BCUT2D eigenvalue weighted by Gasteiger charge is -2.45. The Bertz CT molecular complexity index is 1470. The van der Waals surface area contributed by atoms with Crippen LogP contribution in [0, 0.1) is 11.2 Å². The molecule has 0 radical (unpaired) electrons. The Morgan fingerprint density at radius 3 is 2.50 bits per heavy atom. The second kappa shape index (κ2) is 9.59. The van der Waals surface area contributed by atoms with Crippen molar-refractivity contribution in [2.24, 2.45) is 5.41 Å². The van der Waals surface area contributed by atoms with E-state index in [2.05, 4.69) is 11.2 Å². The van der Waals surface area contributed by atoms with Crippen molar-refractivity contribution < 1.29 is 21.9 Å². The van der Waals surface area contributed by atoms with Gasteiger partial charge in [-0.05, 0) is 79.4 Å². The van der Waals surface area contributed by atoms with Crippen LogP contribution in [-0.2, 0) is 21.2 Å². The molecule has 0 amide bonds. The van der Waals surface area contributed by atoms with Crippen LogP contribution in [0.15, 0.2) is 65.2 Å². The fraction of sp³-hybridized carbons (Fsp3) is 0.393. The highest BCUT2D eigenvalue weighted by molar-refractivity contribution is 7.89. The number of aromatic nitrogens is 2. The minimum atomic E-state index is -3.74. The number of anilines is 1. The zero-order valence-electron chi connectivity index (χ0n) is 21.2.